The number of ether oxygens (including phenoxy) is 1. The van der Waals surface area contributed by atoms with Crippen molar-refractivity contribution in [2.75, 3.05) is 0 Å². The van der Waals surface area contributed by atoms with Gasteiger partial charge in [0.25, 0.3) is 0 Å². The fraction of sp³-hybridized carbons (Fsp3) is 0.533. The molecule has 0 bridgehead atoms. The lowest BCUT2D eigenvalue weighted by Gasteiger charge is -2.33. The van der Waals surface area contributed by atoms with Gasteiger partial charge in [0.1, 0.15) is 5.60 Å². The van der Waals surface area contributed by atoms with Crippen molar-refractivity contribution in [3.05, 3.63) is 33.8 Å². The van der Waals surface area contributed by atoms with E-state index in [9.17, 15) is 4.79 Å². The minimum atomic E-state index is -0.272. The molecule has 2 rings (SSSR count). The van der Waals surface area contributed by atoms with Gasteiger partial charge in [-0.3, -0.25) is 0 Å². The zero-order valence-corrected chi connectivity index (χ0v) is 12.5. The van der Waals surface area contributed by atoms with Crippen LogP contribution in [0.15, 0.2) is 22.7 Å². The number of hydrogen-bond donors (Lipinski definition) is 0. The lowest BCUT2D eigenvalue weighted by Crippen LogP contribution is -2.33. The van der Waals surface area contributed by atoms with E-state index in [1.54, 1.807) is 0 Å². The molecule has 0 amide bonds. The normalized spacial score (nSPS) is 18.4. The minimum Gasteiger partial charge on any atom is -0.456 e. The highest BCUT2D eigenvalue weighted by molar-refractivity contribution is 9.10. The van der Waals surface area contributed by atoms with Crippen LogP contribution in [0.25, 0.3) is 0 Å². The second kappa shape index (κ2) is 5.43. The zero-order valence-electron chi connectivity index (χ0n) is 11.0. The summed E-state index contributed by atoms with van der Waals surface area (Å²) in [6, 6.07) is 5.68. The summed E-state index contributed by atoms with van der Waals surface area (Å²) in [5.74, 6) is -0.205. The number of esters is 1. The van der Waals surface area contributed by atoms with Gasteiger partial charge in [-0.15, -0.1) is 0 Å². The largest absolute Gasteiger partial charge is 0.456 e. The quantitative estimate of drug-likeness (QED) is 0.744. The van der Waals surface area contributed by atoms with Crippen molar-refractivity contribution >= 4 is 21.9 Å². The average Bonchev–Trinajstić information content (AvgIpc) is 2.28. The first-order valence-electron chi connectivity index (χ1n) is 6.49. The van der Waals surface area contributed by atoms with Crippen molar-refractivity contribution in [1.82, 2.24) is 0 Å². The lowest BCUT2D eigenvalue weighted by molar-refractivity contribution is -0.0269. The van der Waals surface area contributed by atoms with Crippen LogP contribution in [-0.2, 0) is 4.74 Å². The number of benzene rings is 1. The minimum absolute atomic E-state index is 0.205. The molecular weight excluding hydrogens is 292 g/mol. The molecule has 0 unspecified atom stereocenters. The monoisotopic (exact) mass is 310 g/mol. The summed E-state index contributed by atoms with van der Waals surface area (Å²) in [5.41, 5.74) is 1.42. The first-order chi connectivity index (χ1) is 8.48. The van der Waals surface area contributed by atoms with Crippen LogP contribution in [0.4, 0.5) is 0 Å². The van der Waals surface area contributed by atoms with E-state index >= 15 is 0 Å². The van der Waals surface area contributed by atoms with Gasteiger partial charge in [0.15, 0.2) is 0 Å². The SMILES string of the molecule is Cc1cc(Br)cc(C(=O)OC2(C)CCCCC2)c1. The Hall–Kier alpha value is -0.830. The fourth-order valence-electron chi connectivity index (χ4n) is 2.54. The lowest BCUT2D eigenvalue weighted by atomic mass is 9.86. The molecule has 98 valence electrons. The third-order valence-electron chi connectivity index (χ3n) is 3.53. The smallest absolute Gasteiger partial charge is 0.338 e. The van der Waals surface area contributed by atoms with E-state index in [1.807, 2.05) is 25.1 Å². The molecule has 2 nitrogen and oxygen atoms in total. The molecule has 1 aromatic rings. The first kappa shape index (κ1) is 13.6. The summed E-state index contributed by atoms with van der Waals surface area (Å²) in [7, 11) is 0. The second-order valence-electron chi connectivity index (χ2n) is 5.42. The van der Waals surface area contributed by atoms with E-state index < -0.39 is 0 Å². The van der Waals surface area contributed by atoms with Crippen molar-refractivity contribution in [2.24, 2.45) is 0 Å². The van der Waals surface area contributed by atoms with E-state index in [4.69, 9.17) is 4.74 Å². The van der Waals surface area contributed by atoms with Crippen molar-refractivity contribution in [1.29, 1.82) is 0 Å². The van der Waals surface area contributed by atoms with Crippen LogP contribution in [-0.4, -0.2) is 11.6 Å². The molecular formula is C15H19BrO2. The Morgan fingerprint density at radius 1 is 1.22 bits per heavy atom. The maximum Gasteiger partial charge on any atom is 0.338 e. The summed E-state index contributed by atoms with van der Waals surface area (Å²) >= 11 is 3.41. The van der Waals surface area contributed by atoms with E-state index in [1.165, 1.54) is 6.42 Å². The molecule has 1 aliphatic rings. The molecule has 1 fully saturated rings. The fourth-order valence-corrected chi connectivity index (χ4v) is 3.15. The van der Waals surface area contributed by atoms with E-state index in [-0.39, 0.29) is 11.6 Å². The Balaban J connectivity index is 2.11. The Kier molecular flexibility index (Phi) is 4.10. The molecule has 0 radical (unpaired) electrons. The third kappa shape index (κ3) is 3.35. The van der Waals surface area contributed by atoms with Crippen LogP contribution in [0.1, 0.15) is 54.9 Å². The predicted octanol–water partition coefficient (Wildman–Crippen LogP) is 4.64. The Morgan fingerprint density at radius 3 is 2.50 bits per heavy atom. The molecule has 0 saturated heterocycles. The first-order valence-corrected chi connectivity index (χ1v) is 7.28. The van der Waals surface area contributed by atoms with E-state index in [0.717, 1.165) is 35.7 Å². The molecule has 1 aliphatic carbocycles. The van der Waals surface area contributed by atoms with Gasteiger partial charge in [-0.2, -0.15) is 0 Å². The summed E-state index contributed by atoms with van der Waals surface area (Å²) in [6.45, 7) is 4.03. The maximum absolute atomic E-state index is 12.2. The number of aryl methyl sites for hydroxylation is 1. The number of hydrogen-bond acceptors (Lipinski definition) is 2. The molecule has 18 heavy (non-hydrogen) atoms. The third-order valence-corrected chi connectivity index (χ3v) is 3.99. The standard InChI is InChI=1S/C15H19BrO2/c1-11-8-12(10-13(16)9-11)14(17)18-15(2)6-4-3-5-7-15/h8-10H,3-7H2,1-2H3. The number of rotatable bonds is 2. The van der Waals surface area contributed by atoms with Gasteiger partial charge >= 0.3 is 5.97 Å². The molecule has 1 aromatic carbocycles. The topological polar surface area (TPSA) is 26.3 Å². The van der Waals surface area contributed by atoms with Crippen LogP contribution in [0.5, 0.6) is 0 Å². The maximum atomic E-state index is 12.2. The average molecular weight is 311 g/mol. The van der Waals surface area contributed by atoms with Crippen molar-refractivity contribution in [2.45, 2.75) is 51.6 Å². The summed E-state index contributed by atoms with van der Waals surface area (Å²) in [6.07, 6.45) is 5.52. The van der Waals surface area contributed by atoms with Crippen molar-refractivity contribution in [3.63, 3.8) is 0 Å². The van der Waals surface area contributed by atoms with Crippen LogP contribution in [0.2, 0.25) is 0 Å². The molecule has 0 aliphatic heterocycles. The summed E-state index contributed by atoms with van der Waals surface area (Å²) in [4.78, 5) is 12.2. The highest BCUT2D eigenvalue weighted by Gasteiger charge is 2.31. The number of halogens is 1. The van der Waals surface area contributed by atoms with Gasteiger partial charge in [0.2, 0.25) is 0 Å². The zero-order chi connectivity index (χ0) is 13.2. The Morgan fingerprint density at radius 2 is 1.89 bits per heavy atom. The highest BCUT2D eigenvalue weighted by atomic mass is 79.9. The van der Waals surface area contributed by atoms with Gasteiger partial charge in [0.05, 0.1) is 5.56 Å². The summed E-state index contributed by atoms with van der Waals surface area (Å²) in [5, 5.41) is 0. The van der Waals surface area contributed by atoms with Gasteiger partial charge in [-0.25, -0.2) is 4.79 Å². The molecule has 3 heteroatoms. The van der Waals surface area contributed by atoms with Crippen molar-refractivity contribution < 1.29 is 9.53 Å². The molecule has 1 saturated carbocycles. The van der Waals surface area contributed by atoms with Gasteiger partial charge in [-0.1, -0.05) is 22.4 Å². The second-order valence-corrected chi connectivity index (χ2v) is 6.33. The number of carbonyl (C=O) groups is 1. The van der Waals surface area contributed by atoms with Crippen LogP contribution in [0, 0.1) is 6.92 Å². The Bertz CT molecular complexity index is 428. The van der Waals surface area contributed by atoms with Gasteiger partial charge in [-0.05, 0) is 63.3 Å². The van der Waals surface area contributed by atoms with Crippen LogP contribution < -0.4 is 0 Å². The van der Waals surface area contributed by atoms with Gasteiger partial charge in [0, 0.05) is 4.47 Å². The van der Waals surface area contributed by atoms with Gasteiger partial charge < -0.3 is 4.74 Å². The Labute approximate surface area is 117 Å². The number of carbonyl (C=O) groups excluding carboxylic acids is 1. The van der Waals surface area contributed by atoms with E-state index in [0.29, 0.717) is 5.56 Å². The molecule has 0 N–H and O–H groups in total. The van der Waals surface area contributed by atoms with Crippen molar-refractivity contribution in [3.8, 4) is 0 Å². The molecule has 0 spiro atoms. The van der Waals surface area contributed by atoms with Crippen LogP contribution >= 0.6 is 15.9 Å². The predicted molar refractivity (Wildman–Crippen MR) is 75.8 cm³/mol. The molecule has 0 heterocycles. The highest BCUT2D eigenvalue weighted by Crippen LogP contribution is 2.32. The van der Waals surface area contributed by atoms with E-state index in [2.05, 4.69) is 22.9 Å². The van der Waals surface area contributed by atoms with Crippen LogP contribution in [0.3, 0.4) is 0 Å². The molecule has 0 aromatic heterocycles. The summed E-state index contributed by atoms with van der Waals surface area (Å²) < 4.78 is 6.63. The molecule has 0 atom stereocenters.